The molecule has 0 spiro atoms. The molecule has 0 aromatic heterocycles. The second kappa shape index (κ2) is 7.29. The minimum Gasteiger partial charge on any atom is -0.320 e. The molecule has 1 fully saturated rings. The van der Waals surface area contributed by atoms with Crippen molar-refractivity contribution in [2.45, 2.75) is 30.4 Å². The second-order valence-electron chi connectivity index (χ2n) is 5.64. The highest BCUT2D eigenvalue weighted by Gasteiger charge is 2.38. The Labute approximate surface area is 131 Å². The molecule has 0 bridgehead atoms. The van der Waals surface area contributed by atoms with E-state index in [0.717, 1.165) is 25.1 Å². The predicted octanol–water partition coefficient (Wildman–Crippen LogP) is 2.18. The molecular formula is C16H25N3OS. The van der Waals surface area contributed by atoms with Gasteiger partial charge in [0.2, 0.25) is 5.91 Å². The summed E-state index contributed by atoms with van der Waals surface area (Å²) in [6.07, 6.45) is 2.90. The fraction of sp³-hybridized carbons (Fsp3) is 0.562. The molecule has 21 heavy (non-hydrogen) atoms. The number of rotatable bonds is 6. The SMILES string of the molecule is CCC1NC(c2ccc(SC)cc2)N(CCN(C)C)C1=O. The van der Waals surface area contributed by atoms with Crippen LogP contribution in [0.3, 0.4) is 0 Å². The van der Waals surface area contributed by atoms with Gasteiger partial charge in [0.25, 0.3) is 0 Å². The number of thioether (sulfide) groups is 1. The maximum atomic E-state index is 12.5. The number of benzene rings is 1. The van der Waals surface area contributed by atoms with Crippen molar-refractivity contribution in [3.8, 4) is 0 Å². The molecule has 2 unspecified atom stereocenters. The number of carbonyl (C=O) groups is 1. The van der Waals surface area contributed by atoms with Crippen molar-refractivity contribution >= 4 is 17.7 Å². The van der Waals surface area contributed by atoms with Gasteiger partial charge in [-0.1, -0.05) is 19.1 Å². The van der Waals surface area contributed by atoms with Gasteiger partial charge in [-0.3, -0.25) is 10.1 Å². The quantitative estimate of drug-likeness (QED) is 0.817. The molecular weight excluding hydrogens is 282 g/mol. The Morgan fingerprint density at radius 3 is 2.48 bits per heavy atom. The molecule has 2 atom stereocenters. The molecule has 0 saturated carbocycles. The number of nitrogens with zero attached hydrogens (tertiary/aromatic N) is 2. The van der Waals surface area contributed by atoms with Crippen LogP contribution in [0.15, 0.2) is 29.2 Å². The van der Waals surface area contributed by atoms with Crippen molar-refractivity contribution in [2.24, 2.45) is 0 Å². The average Bonchev–Trinajstić information content (AvgIpc) is 2.81. The molecule has 116 valence electrons. The highest BCUT2D eigenvalue weighted by Crippen LogP contribution is 2.27. The Kier molecular flexibility index (Phi) is 5.67. The number of likely N-dealkylation sites (N-methyl/N-ethyl adjacent to an activating group) is 1. The van der Waals surface area contributed by atoms with Crippen LogP contribution in [-0.4, -0.2) is 55.2 Å². The van der Waals surface area contributed by atoms with Gasteiger partial charge >= 0.3 is 0 Å². The van der Waals surface area contributed by atoms with E-state index in [1.54, 1.807) is 11.8 Å². The van der Waals surface area contributed by atoms with Crippen LogP contribution in [0.5, 0.6) is 0 Å². The van der Waals surface area contributed by atoms with Crippen molar-refractivity contribution in [3.05, 3.63) is 29.8 Å². The second-order valence-corrected chi connectivity index (χ2v) is 6.52. The van der Waals surface area contributed by atoms with Gasteiger partial charge < -0.3 is 9.80 Å². The van der Waals surface area contributed by atoms with Crippen molar-refractivity contribution in [2.75, 3.05) is 33.4 Å². The normalized spacial score (nSPS) is 22.3. The lowest BCUT2D eigenvalue weighted by atomic mass is 10.1. The van der Waals surface area contributed by atoms with Gasteiger partial charge in [-0.05, 0) is 44.5 Å². The van der Waals surface area contributed by atoms with E-state index in [-0.39, 0.29) is 18.1 Å². The number of amides is 1. The highest BCUT2D eigenvalue weighted by molar-refractivity contribution is 7.98. The van der Waals surface area contributed by atoms with E-state index in [4.69, 9.17) is 0 Å². The minimum absolute atomic E-state index is 0.00157. The summed E-state index contributed by atoms with van der Waals surface area (Å²) in [6, 6.07) is 8.43. The van der Waals surface area contributed by atoms with E-state index in [2.05, 4.69) is 47.7 Å². The fourth-order valence-electron chi connectivity index (χ4n) is 2.58. The number of hydrogen-bond donors (Lipinski definition) is 1. The predicted molar refractivity (Wildman–Crippen MR) is 88.4 cm³/mol. The van der Waals surface area contributed by atoms with E-state index in [9.17, 15) is 4.79 Å². The van der Waals surface area contributed by atoms with Crippen LogP contribution in [0, 0.1) is 0 Å². The van der Waals surface area contributed by atoms with Gasteiger partial charge in [0, 0.05) is 18.0 Å². The van der Waals surface area contributed by atoms with Gasteiger partial charge in [-0.25, -0.2) is 0 Å². The smallest absolute Gasteiger partial charge is 0.241 e. The number of carbonyl (C=O) groups excluding carboxylic acids is 1. The van der Waals surface area contributed by atoms with Crippen LogP contribution < -0.4 is 5.32 Å². The van der Waals surface area contributed by atoms with Crippen molar-refractivity contribution in [1.29, 1.82) is 0 Å². The summed E-state index contributed by atoms with van der Waals surface area (Å²) in [4.78, 5) is 17.8. The summed E-state index contributed by atoms with van der Waals surface area (Å²) in [7, 11) is 4.07. The summed E-state index contributed by atoms with van der Waals surface area (Å²) in [5, 5.41) is 3.47. The van der Waals surface area contributed by atoms with Gasteiger partial charge in [-0.2, -0.15) is 0 Å². The molecule has 4 nitrogen and oxygen atoms in total. The Bertz CT molecular complexity index is 475. The molecule has 1 amide bonds. The third-order valence-corrected chi connectivity index (χ3v) is 4.62. The van der Waals surface area contributed by atoms with Gasteiger partial charge in [0.15, 0.2) is 0 Å². The molecule has 0 aliphatic carbocycles. The molecule has 1 heterocycles. The van der Waals surface area contributed by atoms with Crippen LogP contribution in [0.4, 0.5) is 0 Å². The van der Waals surface area contributed by atoms with Gasteiger partial charge in [0.1, 0.15) is 6.17 Å². The molecule has 5 heteroatoms. The third kappa shape index (κ3) is 3.78. The average molecular weight is 307 g/mol. The molecule has 1 aliphatic heterocycles. The van der Waals surface area contributed by atoms with Crippen LogP contribution >= 0.6 is 11.8 Å². The lowest BCUT2D eigenvalue weighted by Crippen LogP contribution is -2.36. The van der Waals surface area contributed by atoms with Crippen LogP contribution in [0.2, 0.25) is 0 Å². The zero-order valence-electron chi connectivity index (χ0n) is 13.3. The van der Waals surface area contributed by atoms with E-state index in [1.807, 2.05) is 19.0 Å². The highest BCUT2D eigenvalue weighted by atomic mass is 32.2. The fourth-order valence-corrected chi connectivity index (χ4v) is 2.99. The maximum absolute atomic E-state index is 12.5. The number of hydrogen-bond acceptors (Lipinski definition) is 4. The maximum Gasteiger partial charge on any atom is 0.241 e. The summed E-state index contributed by atoms with van der Waals surface area (Å²) in [5.74, 6) is 0.221. The molecule has 0 radical (unpaired) electrons. The van der Waals surface area contributed by atoms with E-state index in [1.165, 1.54) is 4.90 Å². The lowest BCUT2D eigenvalue weighted by Gasteiger charge is -2.26. The standard InChI is InChI=1S/C16H25N3OS/c1-5-14-16(20)19(11-10-18(2)3)15(17-14)12-6-8-13(21-4)9-7-12/h6-9,14-15,17H,5,10-11H2,1-4H3. The Morgan fingerprint density at radius 1 is 1.29 bits per heavy atom. The van der Waals surface area contributed by atoms with Gasteiger partial charge in [-0.15, -0.1) is 11.8 Å². The van der Waals surface area contributed by atoms with Crippen LogP contribution in [0.25, 0.3) is 0 Å². The van der Waals surface area contributed by atoms with Gasteiger partial charge in [0.05, 0.1) is 6.04 Å². The molecule has 1 aromatic carbocycles. The van der Waals surface area contributed by atoms with E-state index < -0.39 is 0 Å². The molecule has 1 aromatic rings. The summed E-state index contributed by atoms with van der Waals surface area (Å²) >= 11 is 1.73. The Hall–Kier alpha value is -1.04. The first kappa shape index (κ1) is 16.3. The minimum atomic E-state index is -0.0580. The third-order valence-electron chi connectivity index (χ3n) is 3.88. The molecule has 1 N–H and O–H groups in total. The van der Waals surface area contributed by atoms with Crippen molar-refractivity contribution < 1.29 is 4.79 Å². The zero-order valence-corrected chi connectivity index (χ0v) is 14.1. The van der Waals surface area contributed by atoms with Crippen molar-refractivity contribution in [1.82, 2.24) is 15.1 Å². The summed E-state index contributed by atoms with van der Waals surface area (Å²) < 4.78 is 0. The summed E-state index contributed by atoms with van der Waals surface area (Å²) in [6.45, 7) is 3.69. The summed E-state index contributed by atoms with van der Waals surface area (Å²) in [5.41, 5.74) is 1.16. The first-order valence-corrected chi connectivity index (χ1v) is 8.64. The molecule has 1 saturated heterocycles. The van der Waals surface area contributed by atoms with Crippen molar-refractivity contribution in [3.63, 3.8) is 0 Å². The van der Waals surface area contributed by atoms with Crippen LogP contribution in [0.1, 0.15) is 25.1 Å². The van der Waals surface area contributed by atoms with Crippen LogP contribution in [-0.2, 0) is 4.79 Å². The topological polar surface area (TPSA) is 35.6 Å². The first-order valence-electron chi connectivity index (χ1n) is 7.42. The largest absolute Gasteiger partial charge is 0.320 e. The molecule has 1 aliphatic rings. The lowest BCUT2D eigenvalue weighted by molar-refractivity contribution is -0.130. The number of nitrogens with one attached hydrogen (secondary N) is 1. The van der Waals surface area contributed by atoms with E-state index >= 15 is 0 Å². The van der Waals surface area contributed by atoms with E-state index in [0.29, 0.717) is 0 Å². The first-order chi connectivity index (χ1) is 10.1. The zero-order chi connectivity index (χ0) is 15.4. The Balaban J connectivity index is 2.18. The monoisotopic (exact) mass is 307 g/mol. The molecule has 2 rings (SSSR count). The Morgan fingerprint density at radius 2 is 1.95 bits per heavy atom.